The van der Waals surface area contributed by atoms with Gasteiger partial charge >= 0.3 is 6.09 Å². The summed E-state index contributed by atoms with van der Waals surface area (Å²) in [6, 6.07) is 20.1. The zero-order valence-corrected chi connectivity index (χ0v) is 23.8. The number of fused-ring (bicyclic) bond motifs is 3. The predicted molar refractivity (Wildman–Crippen MR) is 155 cm³/mol. The molecule has 2 aliphatic carbocycles. The lowest BCUT2D eigenvalue weighted by Crippen LogP contribution is -2.47. The number of amides is 1. The van der Waals surface area contributed by atoms with E-state index in [1.165, 1.54) is 36.5 Å². The maximum Gasteiger partial charge on any atom is 0.421 e. The van der Waals surface area contributed by atoms with Crippen molar-refractivity contribution in [1.29, 1.82) is 0 Å². The van der Waals surface area contributed by atoms with Crippen LogP contribution in [-0.4, -0.2) is 34.2 Å². The van der Waals surface area contributed by atoms with Crippen LogP contribution in [0.5, 0.6) is 5.75 Å². The fourth-order valence-corrected chi connectivity index (χ4v) is 7.27. The standard InChI is InChI=1S/C31H33ClN2O5S/c32-25-11-13-27-24(16-25)10-5-15-31(27)20-34(18-22-8-4-9-22)28-17-26(12-14-29(28)39-21-31)40(36,37)33-30(35)38-19-23-6-2-1-3-7-23/h1-3,6-7,11-14,16-17,22H,4-5,8-10,15,18-21H2,(H,33,35). The molecule has 1 amide bonds. The Kier molecular flexibility index (Phi) is 7.40. The van der Waals surface area contributed by atoms with E-state index in [1.807, 2.05) is 24.3 Å². The molecule has 1 heterocycles. The number of anilines is 1. The first-order valence-corrected chi connectivity index (χ1v) is 15.7. The molecule has 1 atom stereocenters. The van der Waals surface area contributed by atoms with Gasteiger partial charge in [0.15, 0.2) is 0 Å². The summed E-state index contributed by atoms with van der Waals surface area (Å²) >= 11 is 6.34. The second-order valence-electron chi connectivity index (χ2n) is 11.2. The van der Waals surface area contributed by atoms with Gasteiger partial charge in [-0.3, -0.25) is 0 Å². The average Bonchev–Trinajstić information content (AvgIpc) is 3.07. The number of halogens is 1. The van der Waals surface area contributed by atoms with Crippen LogP contribution in [0.3, 0.4) is 0 Å². The average molecular weight is 581 g/mol. The van der Waals surface area contributed by atoms with Crippen molar-refractivity contribution in [3.8, 4) is 5.75 Å². The molecule has 1 N–H and O–H groups in total. The minimum Gasteiger partial charge on any atom is -0.490 e. The summed E-state index contributed by atoms with van der Waals surface area (Å²) in [4.78, 5) is 14.7. The Bertz CT molecular complexity index is 1510. The first kappa shape index (κ1) is 27.0. The predicted octanol–water partition coefficient (Wildman–Crippen LogP) is 6.23. The third-order valence-corrected chi connectivity index (χ3v) is 10.00. The largest absolute Gasteiger partial charge is 0.490 e. The van der Waals surface area contributed by atoms with Gasteiger partial charge in [0.25, 0.3) is 10.0 Å². The van der Waals surface area contributed by atoms with E-state index < -0.39 is 16.1 Å². The van der Waals surface area contributed by atoms with Crippen LogP contribution in [0, 0.1) is 5.92 Å². The molecule has 210 valence electrons. The Morgan fingerprint density at radius 1 is 1.07 bits per heavy atom. The highest BCUT2D eigenvalue weighted by atomic mass is 35.5. The van der Waals surface area contributed by atoms with E-state index in [4.69, 9.17) is 21.1 Å². The van der Waals surface area contributed by atoms with E-state index in [9.17, 15) is 13.2 Å². The Balaban J connectivity index is 1.27. The molecule has 1 saturated carbocycles. The van der Waals surface area contributed by atoms with Crippen LogP contribution in [0.1, 0.15) is 48.8 Å². The molecule has 0 aromatic heterocycles. The van der Waals surface area contributed by atoms with Crippen LogP contribution in [-0.2, 0) is 33.2 Å². The van der Waals surface area contributed by atoms with Gasteiger partial charge in [0.2, 0.25) is 0 Å². The lowest BCUT2D eigenvalue weighted by atomic mass is 9.70. The Morgan fingerprint density at radius 2 is 1.90 bits per heavy atom. The molecule has 7 nitrogen and oxygen atoms in total. The van der Waals surface area contributed by atoms with Gasteiger partial charge in [0.1, 0.15) is 12.4 Å². The molecule has 40 heavy (non-hydrogen) atoms. The molecule has 1 fully saturated rings. The van der Waals surface area contributed by atoms with Crippen LogP contribution in [0.4, 0.5) is 10.5 Å². The van der Waals surface area contributed by atoms with Gasteiger partial charge in [0, 0.05) is 23.5 Å². The Labute approximate surface area is 240 Å². The van der Waals surface area contributed by atoms with E-state index in [0.717, 1.165) is 48.6 Å². The fraction of sp³-hybridized carbons (Fsp3) is 0.387. The number of aryl methyl sites for hydroxylation is 1. The maximum absolute atomic E-state index is 13.2. The number of nitrogens with one attached hydrogen (secondary N) is 1. The smallest absolute Gasteiger partial charge is 0.421 e. The summed E-state index contributed by atoms with van der Waals surface area (Å²) in [5, 5.41) is 0.740. The zero-order valence-electron chi connectivity index (χ0n) is 22.3. The number of nitrogens with zero attached hydrogens (tertiary/aromatic N) is 1. The highest BCUT2D eigenvalue weighted by Gasteiger charge is 2.42. The fourth-order valence-electron chi connectivity index (χ4n) is 6.17. The molecular formula is C31H33ClN2O5S. The molecule has 3 aliphatic rings. The van der Waals surface area contributed by atoms with E-state index >= 15 is 0 Å². The van der Waals surface area contributed by atoms with Crippen molar-refractivity contribution in [3.63, 3.8) is 0 Å². The number of benzene rings is 3. The number of ether oxygens (including phenoxy) is 2. The first-order chi connectivity index (χ1) is 19.3. The van der Waals surface area contributed by atoms with Gasteiger partial charge < -0.3 is 14.4 Å². The molecule has 6 rings (SSSR count). The third kappa shape index (κ3) is 5.52. The number of carbonyl (C=O) groups is 1. The minimum absolute atomic E-state index is 0.00287. The summed E-state index contributed by atoms with van der Waals surface area (Å²) in [6.07, 6.45) is 5.55. The highest BCUT2D eigenvalue weighted by Crippen LogP contribution is 2.45. The molecule has 3 aromatic carbocycles. The quantitative estimate of drug-likeness (QED) is 0.372. The third-order valence-electron chi connectivity index (χ3n) is 8.45. The van der Waals surface area contributed by atoms with E-state index in [0.29, 0.717) is 18.3 Å². The van der Waals surface area contributed by atoms with Crippen molar-refractivity contribution >= 4 is 33.4 Å². The monoisotopic (exact) mass is 580 g/mol. The summed E-state index contributed by atoms with van der Waals surface area (Å²) in [7, 11) is -4.16. The molecule has 1 aliphatic heterocycles. The second kappa shape index (κ2) is 11.0. The van der Waals surface area contributed by atoms with Crippen LogP contribution in [0.15, 0.2) is 71.6 Å². The summed E-state index contributed by atoms with van der Waals surface area (Å²) in [5.41, 5.74) is 3.82. The summed E-state index contributed by atoms with van der Waals surface area (Å²) in [5.74, 6) is 1.21. The van der Waals surface area contributed by atoms with Crippen molar-refractivity contribution < 1.29 is 22.7 Å². The van der Waals surface area contributed by atoms with E-state index in [-0.39, 0.29) is 16.9 Å². The molecule has 0 saturated heterocycles. The lowest BCUT2D eigenvalue weighted by Gasteiger charge is -2.42. The maximum atomic E-state index is 13.2. The zero-order chi connectivity index (χ0) is 27.7. The van der Waals surface area contributed by atoms with Gasteiger partial charge in [-0.15, -0.1) is 0 Å². The Hall–Kier alpha value is -3.23. The van der Waals surface area contributed by atoms with Crippen LogP contribution in [0.25, 0.3) is 0 Å². The first-order valence-electron chi connectivity index (χ1n) is 13.9. The molecule has 0 bridgehead atoms. The van der Waals surface area contributed by atoms with E-state index in [1.54, 1.807) is 24.3 Å². The minimum atomic E-state index is -4.16. The van der Waals surface area contributed by atoms with Crippen LogP contribution in [0.2, 0.25) is 5.02 Å². The molecule has 1 spiro atoms. The van der Waals surface area contributed by atoms with Gasteiger partial charge in [-0.1, -0.05) is 54.4 Å². The Morgan fingerprint density at radius 3 is 2.67 bits per heavy atom. The van der Waals surface area contributed by atoms with Crippen LogP contribution >= 0.6 is 11.6 Å². The molecule has 9 heteroatoms. The summed E-state index contributed by atoms with van der Waals surface area (Å²) < 4.78 is 40.1. The molecule has 3 aromatic rings. The molecule has 0 radical (unpaired) electrons. The van der Waals surface area contributed by atoms with Gasteiger partial charge in [-0.05, 0) is 85.0 Å². The number of sulfonamides is 1. The number of hydrogen-bond acceptors (Lipinski definition) is 6. The highest BCUT2D eigenvalue weighted by molar-refractivity contribution is 7.90. The van der Waals surface area contributed by atoms with Crippen LogP contribution < -0.4 is 14.4 Å². The van der Waals surface area contributed by atoms with Crippen molar-refractivity contribution in [3.05, 3.63) is 88.4 Å². The number of carbonyl (C=O) groups excluding carboxylic acids is 1. The van der Waals surface area contributed by atoms with Crippen molar-refractivity contribution in [1.82, 2.24) is 4.72 Å². The van der Waals surface area contributed by atoms with Gasteiger partial charge in [-0.2, -0.15) is 0 Å². The van der Waals surface area contributed by atoms with Crippen molar-refractivity contribution in [2.75, 3.05) is 24.6 Å². The lowest BCUT2D eigenvalue weighted by molar-refractivity contribution is 0.146. The summed E-state index contributed by atoms with van der Waals surface area (Å²) in [6.45, 7) is 2.04. The van der Waals surface area contributed by atoms with Crippen molar-refractivity contribution in [2.45, 2.75) is 55.4 Å². The van der Waals surface area contributed by atoms with Gasteiger partial charge in [0.05, 0.1) is 17.2 Å². The van der Waals surface area contributed by atoms with E-state index in [2.05, 4.69) is 21.8 Å². The SMILES string of the molecule is O=C(NS(=O)(=O)c1ccc2c(c1)N(CC1CCC1)CC1(CCCc3cc(Cl)ccc31)CO2)OCc1ccccc1. The molecular weight excluding hydrogens is 548 g/mol. The second-order valence-corrected chi connectivity index (χ2v) is 13.3. The topological polar surface area (TPSA) is 84.9 Å². The normalized spacial score (nSPS) is 20.5. The van der Waals surface area contributed by atoms with Gasteiger partial charge in [-0.25, -0.2) is 17.9 Å². The number of hydrogen-bond donors (Lipinski definition) is 1. The number of rotatable bonds is 6. The molecule has 1 unspecified atom stereocenters. The van der Waals surface area contributed by atoms with Crippen molar-refractivity contribution in [2.24, 2.45) is 5.92 Å².